The molecule has 2 aliphatic heterocycles. The Morgan fingerprint density at radius 3 is 2.31 bits per heavy atom. The minimum atomic E-state index is -1.26. The molecule has 1 aromatic carbocycles. The Balaban J connectivity index is 1.55. The molecule has 0 aromatic heterocycles. The van der Waals surface area contributed by atoms with Crippen LogP contribution in [0.4, 0.5) is 5.69 Å². The second-order valence-corrected chi connectivity index (χ2v) is 8.15. The van der Waals surface area contributed by atoms with Gasteiger partial charge in [0.1, 0.15) is 5.57 Å². The first-order chi connectivity index (χ1) is 13.8. The minimum absolute atomic E-state index is 0.0853. The molecule has 1 aromatic rings. The highest BCUT2D eigenvalue weighted by molar-refractivity contribution is 6.07. The molecule has 1 aliphatic carbocycles. The average Bonchev–Trinajstić information content (AvgIpc) is 2.96. The van der Waals surface area contributed by atoms with Crippen molar-refractivity contribution in [1.82, 2.24) is 4.90 Å². The van der Waals surface area contributed by atoms with E-state index in [-0.39, 0.29) is 17.4 Å². The highest BCUT2D eigenvalue weighted by atomic mass is 16.8. The number of piperazine rings is 1. The van der Waals surface area contributed by atoms with E-state index >= 15 is 0 Å². The van der Waals surface area contributed by atoms with Crippen molar-refractivity contribution in [3.05, 3.63) is 53.5 Å². The largest absolute Gasteiger partial charge is 0.480 e. The molecule has 0 spiro atoms. The summed E-state index contributed by atoms with van der Waals surface area (Å²) in [5.74, 6) is -3.47. The smallest absolute Gasteiger partial charge is 0.345 e. The van der Waals surface area contributed by atoms with Crippen LogP contribution in [0.3, 0.4) is 0 Å². The zero-order valence-corrected chi connectivity index (χ0v) is 16.9. The zero-order valence-electron chi connectivity index (χ0n) is 16.9. The number of rotatable bonds is 3. The number of carbonyl (C=O) groups is 2. The second kappa shape index (κ2) is 7.22. The molecule has 0 saturated carbocycles. The van der Waals surface area contributed by atoms with Gasteiger partial charge in [0.05, 0.1) is 5.92 Å². The molecule has 7 nitrogen and oxygen atoms in total. The topological polar surface area (TPSA) is 79.3 Å². The van der Waals surface area contributed by atoms with Crippen molar-refractivity contribution in [2.24, 2.45) is 5.92 Å². The number of Topliss-reactive ketones (excluding diaryl/α,β-unsaturated/α-hetero) is 1. The van der Waals surface area contributed by atoms with Crippen molar-refractivity contribution in [2.45, 2.75) is 32.6 Å². The van der Waals surface area contributed by atoms with Crippen LogP contribution in [-0.2, 0) is 19.1 Å². The molecule has 4 rings (SSSR count). The van der Waals surface area contributed by atoms with Crippen molar-refractivity contribution in [1.29, 1.82) is 0 Å². The predicted octanol–water partition coefficient (Wildman–Crippen LogP) is 2.40. The van der Waals surface area contributed by atoms with Crippen molar-refractivity contribution >= 4 is 17.4 Å². The van der Waals surface area contributed by atoms with Crippen LogP contribution in [-0.4, -0.2) is 59.8 Å². The number of para-hydroxylation sites is 1. The summed E-state index contributed by atoms with van der Waals surface area (Å²) in [5, 5.41) is 10.4. The molecule has 1 N–H and O–H groups in total. The third-order valence-electron chi connectivity index (χ3n) is 5.73. The molecule has 1 fully saturated rings. The van der Waals surface area contributed by atoms with Gasteiger partial charge in [0.2, 0.25) is 0 Å². The van der Waals surface area contributed by atoms with Crippen molar-refractivity contribution in [3.63, 3.8) is 0 Å². The van der Waals surface area contributed by atoms with E-state index in [1.165, 1.54) is 19.5 Å². The molecule has 7 heteroatoms. The summed E-state index contributed by atoms with van der Waals surface area (Å²) in [7, 11) is 0. The minimum Gasteiger partial charge on any atom is -0.480 e. The molecule has 2 heterocycles. The number of ether oxygens (including phenoxy) is 2. The van der Waals surface area contributed by atoms with E-state index in [1.54, 1.807) is 6.92 Å². The first-order valence-electron chi connectivity index (χ1n) is 9.89. The summed E-state index contributed by atoms with van der Waals surface area (Å²) in [6.45, 7) is 7.92. The first kappa shape index (κ1) is 19.5. The van der Waals surface area contributed by atoms with Crippen LogP contribution in [0.25, 0.3) is 0 Å². The summed E-state index contributed by atoms with van der Waals surface area (Å²) < 4.78 is 10.6. The van der Waals surface area contributed by atoms with Gasteiger partial charge >= 0.3 is 5.97 Å². The Morgan fingerprint density at radius 2 is 1.69 bits per heavy atom. The third kappa shape index (κ3) is 3.62. The van der Waals surface area contributed by atoms with E-state index in [4.69, 9.17) is 9.47 Å². The Hall–Kier alpha value is -2.80. The van der Waals surface area contributed by atoms with Crippen LogP contribution < -0.4 is 4.90 Å². The predicted molar refractivity (Wildman–Crippen MR) is 107 cm³/mol. The average molecular weight is 398 g/mol. The number of aliphatic hydroxyl groups is 1. The maximum atomic E-state index is 12.9. The molecule has 3 aliphatic rings. The summed E-state index contributed by atoms with van der Waals surface area (Å²) in [6, 6.07) is 9.89. The molecule has 29 heavy (non-hydrogen) atoms. The molecule has 0 unspecified atom stereocenters. The molecule has 0 amide bonds. The quantitative estimate of drug-likeness (QED) is 0.783. The molecular weight excluding hydrogens is 372 g/mol. The van der Waals surface area contributed by atoms with Crippen LogP contribution in [0, 0.1) is 5.92 Å². The van der Waals surface area contributed by atoms with Gasteiger partial charge in [0, 0.05) is 51.8 Å². The number of nitrogens with zero attached hydrogens (tertiary/aromatic N) is 2. The Morgan fingerprint density at radius 1 is 1.03 bits per heavy atom. The number of allylic oxidation sites excluding steroid dienone is 1. The standard InChI is InChI=1S/C22H26N2O5/c1-14-13-16(24-11-9-23(10-12-24)15-7-5-4-6-8-15)17(19(14)25)18-20(26)28-22(2,3)29-21(18)27/h4-8,13,16-17,26H,9-12H2,1-3H3/t16-,17+/m1/s1. The fourth-order valence-electron chi connectivity index (χ4n) is 4.30. The zero-order chi connectivity index (χ0) is 20.8. The van der Waals surface area contributed by atoms with Crippen LogP contribution >= 0.6 is 0 Å². The lowest BCUT2D eigenvalue weighted by atomic mass is 9.89. The van der Waals surface area contributed by atoms with Gasteiger partial charge in [-0.25, -0.2) is 4.79 Å². The lowest BCUT2D eigenvalue weighted by Crippen LogP contribution is -2.53. The van der Waals surface area contributed by atoms with Gasteiger partial charge in [-0.15, -0.1) is 0 Å². The van der Waals surface area contributed by atoms with Gasteiger partial charge in [0.25, 0.3) is 11.7 Å². The van der Waals surface area contributed by atoms with Crippen LogP contribution in [0.2, 0.25) is 0 Å². The fourth-order valence-corrected chi connectivity index (χ4v) is 4.30. The van der Waals surface area contributed by atoms with Gasteiger partial charge < -0.3 is 19.5 Å². The van der Waals surface area contributed by atoms with E-state index < -0.39 is 23.6 Å². The normalized spacial score (nSPS) is 27.6. The number of carbonyl (C=O) groups excluding carboxylic acids is 2. The molecule has 154 valence electrons. The Kier molecular flexibility index (Phi) is 4.86. The lowest BCUT2D eigenvalue weighted by molar-refractivity contribution is -0.223. The summed E-state index contributed by atoms with van der Waals surface area (Å²) in [5.41, 5.74) is 1.67. The van der Waals surface area contributed by atoms with Gasteiger partial charge in [-0.1, -0.05) is 24.3 Å². The molecule has 1 saturated heterocycles. The molecule has 0 bridgehead atoms. The Labute approximate surface area is 170 Å². The Bertz CT molecular complexity index is 882. The number of hydrogen-bond acceptors (Lipinski definition) is 7. The second-order valence-electron chi connectivity index (χ2n) is 8.15. The van der Waals surface area contributed by atoms with E-state index in [1.807, 2.05) is 24.3 Å². The van der Waals surface area contributed by atoms with Gasteiger partial charge in [-0.2, -0.15) is 0 Å². The molecule has 0 radical (unpaired) electrons. The number of esters is 1. The van der Waals surface area contributed by atoms with Gasteiger partial charge in [0.15, 0.2) is 5.78 Å². The summed E-state index contributed by atoms with van der Waals surface area (Å²) in [4.78, 5) is 30.0. The van der Waals surface area contributed by atoms with Gasteiger partial charge in [-0.05, 0) is 24.6 Å². The van der Waals surface area contributed by atoms with Crippen LogP contribution in [0.1, 0.15) is 20.8 Å². The first-order valence-corrected chi connectivity index (χ1v) is 9.89. The molecule has 2 atom stereocenters. The fraction of sp³-hybridized carbons (Fsp3) is 0.455. The maximum Gasteiger partial charge on any atom is 0.345 e. The highest BCUT2D eigenvalue weighted by Crippen LogP contribution is 2.38. The van der Waals surface area contributed by atoms with E-state index in [0.29, 0.717) is 5.57 Å². The van der Waals surface area contributed by atoms with Crippen molar-refractivity contribution < 1.29 is 24.2 Å². The monoisotopic (exact) mass is 398 g/mol. The number of aliphatic hydroxyl groups excluding tert-OH is 1. The summed E-state index contributed by atoms with van der Waals surface area (Å²) >= 11 is 0. The highest BCUT2D eigenvalue weighted by Gasteiger charge is 2.49. The number of benzene rings is 1. The molecular formula is C22H26N2O5. The van der Waals surface area contributed by atoms with E-state index in [9.17, 15) is 14.7 Å². The third-order valence-corrected chi connectivity index (χ3v) is 5.73. The SMILES string of the molecule is CC1=C[C@@H](N2CCN(c3ccccc3)CC2)[C@@H](C2=C(O)OC(C)(C)OC2=O)C1=O. The summed E-state index contributed by atoms with van der Waals surface area (Å²) in [6.07, 6.45) is 1.89. The number of cyclic esters (lactones) is 1. The van der Waals surface area contributed by atoms with Crippen molar-refractivity contribution in [2.75, 3.05) is 31.1 Å². The van der Waals surface area contributed by atoms with Crippen LogP contribution in [0.5, 0.6) is 0 Å². The maximum absolute atomic E-state index is 12.9. The van der Waals surface area contributed by atoms with Crippen molar-refractivity contribution in [3.8, 4) is 0 Å². The lowest BCUT2D eigenvalue weighted by Gasteiger charge is -2.41. The van der Waals surface area contributed by atoms with Crippen LogP contribution in [0.15, 0.2) is 53.5 Å². The number of anilines is 1. The van der Waals surface area contributed by atoms with Gasteiger partial charge in [-0.3, -0.25) is 9.69 Å². The van der Waals surface area contributed by atoms with E-state index in [0.717, 1.165) is 26.2 Å². The van der Waals surface area contributed by atoms with E-state index in [2.05, 4.69) is 21.9 Å². The number of hydrogen-bond donors (Lipinski definition) is 1. The number of ketones is 1.